The molecule has 0 saturated carbocycles. The van der Waals surface area contributed by atoms with Crippen LogP contribution in [0.25, 0.3) is 0 Å². The highest BCUT2D eigenvalue weighted by Gasteiger charge is 2.29. The number of halogens is 1. The maximum Gasteiger partial charge on any atom is 0.341 e. The first-order chi connectivity index (χ1) is 14.6. The van der Waals surface area contributed by atoms with E-state index >= 15 is 0 Å². The number of aliphatic carboxylic acids is 1. The van der Waals surface area contributed by atoms with Crippen molar-refractivity contribution in [3.63, 3.8) is 0 Å². The van der Waals surface area contributed by atoms with E-state index in [2.05, 4.69) is 0 Å². The van der Waals surface area contributed by atoms with Gasteiger partial charge in [-0.15, -0.1) is 0 Å². The summed E-state index contributed by atoms with van der Waals surface area (Å²) in [6.45, 7) is 4.39. The van der Waals surface area contributed by atoms with Crippen LogP contribution in [0.3, 0.4) is 0 Å². The molecule has 0 aromatic heterocycles. The van der Waals surface area contributed by atoms with Gasteiger partial charge in [-0.1, -0.05) is 0 Å². The number of hydrogen-bond donors (Lipinski definition) is 1. The van der Waals surface area contributed by atoms with Gasteiger partial charge in [0.25, 0.3) is 0 Å². The van der Waals surface area contributed by atoms with Crippen LogP contribution in [0.5, 0.6) is 11.5 Å². The largest absolute Gasteiger partial charge is 0.491 e. The molecule has 1 aliphatic heterocycles. The summed E-state index contributed by atoms with van der Waals surface area (Å²) in [6, 6.07) is 10.3. The zero-order valence-electron chi connectivity index (χ0n) is 17.3. The summed E-state index contributed by atoms with van der Waals surface area (Å²) in [5, 5.41) is 8.72. The molecule has 0 amide bonds. The Hall–Kier alpha value is -2.85. The Morgan fingerprint density at radius 3 is 2.29 bits per heavy atom. The Labute approximate surface area is 180 Å². The quantitative estimate of drug-likeness (QED) is 0.658. The van der Waals surface area contributed by atoms with Gasteiger partial charge in [-0.3, -0.25) is 0 Å². The average Bonchev–Trinajstić information content (AvgIpc) is 2.72. The first-order valence-electron chi connectivity index (χ1n) is 9.82. The van der Waals surface area contributed by atoms with Crippen molar-refractivity contribution in [2.24, 2.45) is 0 Å². The SMILES string of the molecule is CC(C)Oc1ccc(S(=O)(=O)N2CCN(c3cc(F)cc(OCC(=O)O)c3)CC2)cc1. The van der Waals surface area contributed by atoms with Crippen LogP contribution in [0.4, 0.5) is 10.1 Å². The standard InChI is InChI=1S/C21H25FN2O6S/c1-15(2)30-18-3-5-20(6-4-18)31(27,28)24-9-7-23(8-10-24)17-11-16(22)12-19(13-17)29-14-21(25)26/h3-6,11-13,15H,7-10,14H2,1-2H3,(H,25,26). The minimum atomic E-state index is -3.66. The van der Waals surface area contributed by atoms with Gasteiger partial charge in [-0.2, -0.15) is 4.31 Å². The van der Waals surface area contributed by atoms with Crippen LogP contribution in [-0.4, -0.2) is 62.7 Å². The Kier molecular flexibility index (Phi) is 7.01. The Bertz CT molecular complexity index is 1020. The summed E-state index contributed by atoms with van der Waals surface area (Å²) >= 11 is 0. The number of nitrogens with zero attached hydrogens (tertiary/aromatic N) is 2. The third kappa shape index (κ3) is 5.86. The summed E-state index contributed by atoms with van der Waals surface area (Å²) in [5.41, 5.74) is 0.507. The second-order valence-electron chi connectivity index (χ2n) is 7.36. The van der Waals surface area contributed by atoms with Gasteiger partial charge in [-0.05, 0) is 44.2 Å². The van der Waals surface area contributed by atoms with Crippen molar-refractivity contribution in [2.75, 3.05) is 37.7 Å². The molecule has 1 heterocycles. The fourth-order valence-corrected chi connectivity index (χ4v) is 4.68. The highest BCUT2D eigenvalue weighted by Crippen LogP contribution is 2.26. The van der Waals surface area contributed by atoms with E-state index < -0.39 is 28.4 Å². The molecule has 10 heteroatoms. The van der Waals surface area contributed by atoms with Gasteiger partial charge >= 0.3 is 5.97 Å². The second kappa shape index (κ2) is 9.52. The molecule has 0 spiro atoms. The number of anilines is 1. The van der Waals surface area contributed by atoms with Crippen molar-refractivity contribution in [1.29, 1.82) is 0 Å². The van der Waals surface area contributed by atoms with Gasteiger partial charge in [0, 0.05) is 44.0 Å². The summed E-state index contributed by atoms with van der Waals surface area (Å²) in [6.07, 6.45) is -0.00611. The van der Waals surface area contributed by atoms with Crippen LogP contribution in [0.1, 0.15) is 13.8 Å². The molecule has 2 aromatic carbocycles. The predicted octanol–water partition coefficient (Wildman–Crippen LogP) is 2.59. The van der Waals surface area contributed by atoms with E-state index in [9.17, 15) is 17.6 Å². The van der Waals surface area contributed by atoms with Gasteiger partial charge in [0.2, 0.25) is 10.0 Å². The van der Waals surface area contributed by atoms with E-state index in [1.807, 2.05) is 18.7 Å². The van der Waals surface area contributed by atoms with E-state index in [1.165, 1.54) is 22.5 Å². The molecule has 1 aliphatic rings. The number of carbonyl (C=O) groups is 1. The van der Waals surface area contributed by atoms with Gasteiger partial charge in [0.15, 0.2) is 6.61 Å². The summed E-state index contributed by atoms with van der Waals surface area (Å²) in [4.78, 5) is 12.7. The lowest BCUT2D eigenvalue weighted by atomic mass is 10.2. The smallest absolute Gasteiger partial charge is 0.341 e. The third-order valence-corrected chi connectivity index (χ3v) is 6.57. The van der Waals surface area contributed by atoms with Crippen LogP contribution < -0.4 is 14.4 Å². The van der Waals surface area contributed by atoms with E-state index in [0.29, 0.717) is 24.5 Å². The molecular formula is C21H25FN2O6S. The number of ether oxygens (including phenoxy) is 2. The van der Waals surface area contributed by atoms with E-state index in [1.54, 1.807) is 18.2 Å². The molecule has 0 atom stereocenters. The lowest BCUT2D eigenvalue weighted by molar-refractivity contribution is -0.139. The fourth-order valence-electron chi connectivity index (χ4n) is 3.26. The molecular weight excluding hydrogens is 427 g/mol. The van der Waals surface area contributed by atoms with E-state index in [-0.39, 0.29) is 29.8 Å². The zero-order valence-corrected chi connectivity index (χ0v) is 18.1. The highest BCUT2D eigenvalue weighted by molar-refractivity contribution is 7.89. The lowest BCUT2D eigenvalue weighted by Gasteiger charge is -2.35. The van der Waals surface area contributed by atoms with Crippen LogP contribution >= 0.6 is 0 Å². The van der Waals surface area contributed by atoms with Crippen molar-refractivity contribution >= 4 is 21.7 Å². The number of hydrogen-bond acceptors (Lipinski definition) is 6. The van der Waals surface area contributed by atoms with E-state index in [4.69, 9.17) is 14.6 Å². The van der Waals surface area contributed by atoms with Crippen LogP contribution in [0, 0.1) is 5.82 Å². The molecule has 1 saturated heterocycles. The number of carboxylic acids is 1. The third-order valence-electron chi connectivity index (χ3n) is 4.66. The van der Waals surface area contributed by atoms with Crippen molar-refractivity contribution in [1.82, 2.24) is 4.31 Å². The number of benzene rings is 2. The maximum absolute atomic E-state index is 13.9. The molecule has 3 rings (SSSR count). The molecule has 1 N–H and O–H groups in total. The number of sulfonamides is 1. The molecule has 2 aromatic rings. The molecule has 0 bridgehead atoms. The minimum absolute atomic E-state index is 0.00611. The Balaban J connectivity index is 1.66. The lowest BCUT2D eigenvalue weighted by Crippen LogP contribution is -2.48. The number of rotatable bonds is 8. The topological polar surface area (TPSA) is 96.4 Å². The number of piperazine rings is 1. The molecule has 1 fully saturated rings. The normalized spacial score (nSPS) is 15.2. The average molecular weight is 453 g/mol. The number of carboxylic acid groups (broad SMARTS) is 1. The second-order valence-corrected chi connectivity index (χ2v) is 9.29. The zero-order chi connectivity index (χ0) is 22.6. The molecule has 31 heavy (non-hydrogen) atoms. The van der Waals surface area contributed by atoms with Gasteiger partial charge in [-0.25, -0.2) is 17.6 Å². The minimum Gasteiger partial charge on any atom is -0.491 e. The maximum atomic E-state index is 13.9. The summed E-state index contributed by atoms with van der Waals surface area (Å²) in [5.74, 6) is -1.01. The van der Waals surface area contributed by atoms with Crippen molar-refractivity contribution in [3.8, 4) is 11.5 Å². The Morgan fingerprint density at radius 1 is 1.06 bits per heavy atom. The van der Waals surface area contributed by atoms with Crippen molar-refractivity contribution in [2.45, 2.75) is 24.8 Å². The first kappa shape index (κ1) is 22.8. The first-order valence-corrected chi connectivity index (χ1v) is 11.3. The fraction of sp³-hybridized carbons (Fsp3) is 0.381. The summed E-state index contributed by atoms with van der Waals surface area (Å²) < 4.78 is 51.8. The van der Waals surface area contributed by atoms with Crippen molar-refractivity contribution < 1.29 is 32.2 Å². The van der Waals surface area contributed by atoms with E-state index in [0.717, 1.165) is 6.07 Å². The molecule has 168 valence electrons. The van der Waals surface area contributed by atoms with Gasteiger partial charge in [0.05, 0.1) is 11.0 Å². The highest BCUT2D eigenvalue weighted by atomic mass is 32.2. The monoisotopic (exact) mass is 452 g/mol. The van der Waals surface area contributed by atoms with Gasteiger partial charge in [0.1, 0.15) is 17.3 Å². The predicted molar refractivity (Wildman–Crippen MR) is 113 cm³/mol. The van der Waals surface area contributed by atoms with Crippen LogP contribution in [0.15, 0.2) is 47.4 Å². The molecule has 0 unspecified atom stereocenters. The summed E-state index contributed by atoms with van der Waals surface area (Å²) in [7, 11) is -3.66. The molecule has 0 radical (unpaired) electrons. The van der Waals surface area contributed by atoms with Crippen LogP contribution in [0.2, 0.25) is 0 Å². The molecule has 8 nitrogen and oxygen atoms in total. The molecule has 0 aliphatic carbocycles. The Morgan fingerprint density at radius 2 is 1.71 bits per heavy atom. The van der Waals surface area contributed by atoms with Crippen LogP contribution in [-0.2, 0) is 14.8 Å². The van der Waals surface area contributed by atoms with Crippen molar-refractivity contribution in [3.05, 3.63) is 48.3 Å². The van der Waals surface area contributed by atoms with Gasteiger partial charge < -0.3 is 19.5 Å².